The number of nitrogens with zero attached hydrogens (tertiary/aromatic N) is 3. The van der Waals surface area contributed by atoms with Gasteiger partial charge < -0.3 is 5.32 Å². The van der Waals surface area contributed by atoms with Crippen LogP contribution in [-0.4, -0.2) is 37.3 Å². The molecule has 0 unspecified atom stereocenters. The molecule has 0 fully saturated rings. The number of rotatable bonds is 6. The monoisotopic (exact) mass is 332 g/mol. The summed E-state index contributed by atoms with van der Waals surface area (Å²) in [6.07, 6.45) is 2.02. The van der Waals surface area contributed by atoms with Crippen LogP contribution < -0.4 is 5.32 Å². The molecule has 0 aliphatic carbocycles. The van der Waals surface area contributed by atoms with Crippen LogP contribution in [-0.2, 0) is 23.8 Å². The molecule has 0 saturated carbocycles. The molecule has 5 nitrogen and oxygen atoms in total. The molecular weight excluding hydrogens is 308 g/mol. The van der Waals surface area contributed by atoms with Crippen LogP contribution in [0.2, 0.25) is 0 Å². The van der Waals surface area contributed by atoms with Gasteiger partial charge in [-0.1, -0.05) is 32.0 Å². The Morgan fingerprint density at radius 1 is 1.35 bits per heavy atom. The highest BCUT2D eigenvalue weighted by Crippen LogP contribution is 2.17. The van der Waals surface area contributed by atoms with Crippen LogP contribution in [0.25, 0.3) is 0 Å². The molecule has 6 heteroatoms. The average molecular weight is 332 g/mol. The summed E-state index contributed by atoms with van der Waals surface area (Å²) in [5, 5.41) is 8.12. The van der Waals surface area contributed by atoms with Crippen LogP contribution >= 0.6 is 0 Å². The van der Waals surface area contributed by atoms with Crippen molar-refractivity contribution in [1.82, 2.24) is 20.1 Å². The molecule has 1 aliphatic rings. The van der Waals surface area contributed by atoms with Gasteiger partial charge in [-0.15, -0.1) is 0 Å². The summed E-state index contributed by atoms with van der Waals surface area (Å²) in [5.74, 6) is 3.04. The molecule has 2 atom stereocenters. The van der Waals surface area contributed by atoms with Gasteiger partial charge in [0.05, 0.1) is 17.3 Å². The molecule has 1 aromatic heterocycles. The predicted octanol–water partition coefficient (Wildman–Crippen LogP) is 2.11. The van der Waals surface area contributed by atoms with Crippen molar-refractivity contribution in [1.29, 1.82) is 0 Å². The van der Waals surface area contributed by atoms with Gasteiger partial charge in [0.1, 0.15) is 5.82 Å². The number of benzene rings is 1. The maximum atomic E-state index is 12.2. The van der Waals surface area contributed by atoms with Crippen LogP contribution in [0.15, 0.2) is 35.2 Å². The summed E-state index contributed by atoms with van der Waals surface area (Å²) >= 11 is 0. The zero-order chi connectivity index (χ0) is 16.2. The Hall–Kier alpha value is -1.53. The second-order valence-corrected chi connectivity index (χ2v) is 7.85. The number of hydrogen-bond acceptors (Lipinski definition) is 4. The lowest BCUT2D eigenvalue weighted by atomic mass is 10.1. The largest absolute Gasteiger partial charge is 0.311 e. The van der Waals surface area contributed by atoms with E-state index in [1.165, 1.54) is 0 Å². The first-order valence-electron chi connectivity index (χ1n) is 8.24. The van der Waals surface area contributed by atoms with E-state index in [1.54, 1.807) is 0 Å². The minimum atomic E-state index is -0.932. The van der Waals surface area contributed by atoms with Gasteiger partial charge in [-0.3, -0.25) is 4.21 Å². The first-order valence-corrected chi connectivity index (χ1v) is 9.56. The van der Waals surface area contributed by atoms with E-state index in [2.05, 4.69) is 29.2 Å². The summed E-state index contributed by atoms with van der Waals surface area (Å²) in [6.45, 7) is 5.85. The third-order valence-electron chi connectivity index (χ3n) is 4.12. The topological polar surface area (TPSA) is 59.8 Å². The second-order valence-electron chi connectivity index (χ2n) is 6.28. The van der Waals surface area contributed by atoms with Gasteiger partial charge in [0.15, 0.2) is 5.82 Å². The number of fused-ring (bicyclic) bond motifs is 1. The molecule has 0 bridgehead atoms. The number of hydrogen-bond donors (Lipinski definition) is 1. The Morgan fingerprint density at radius 2 is 2.13 bits per heavy atom. The zero-order valence-corrected chi connectivity index (χ0v) is 14.6. The van der Waals surface area contributed by atoms with Crippen molar-refractivity contribution < 1.29 is 4.21 Å². The van der Waals surface area contributed by atoms with Crippen molar-refractivity contribution in [3.05, 3.63) is 42.0 Å². The van der Waals surface area contributed by atoms with Crippen molar-refractivity contribution >= 4 is 10.8 Å². The predicted molar refractivity (Wildman–Crippen MR) is 91.9 cm³/mol. The number of nitrogens with one attached hydrogen (secondary N) is 1. The van der Waals surface area contributed by atoms with Crippen LogP contribution in [0.3, 0.4) is 0 Å². The Morgan fingerprint density at radius 3 is 2.87 bits per heavy atom. The third kappa shape index (κ3) is 4.06. The fourth-order valence-corrected chi connectivity index (χ4v) is 3.78. The summed E-state index contributed by atoms with van der Waals surface area (Å²) < 4.78 is 14.2. The SMILES string of the molecule is CC(C)c1nc2n(n1)C[C@H](NCC[S@](=O)c1ccccc1)CC2. The molecule has 0 radical (unpaired) electrons. The van der Waals surface area contributed by atoms with E-state index in [4.69, 9.17) is 0 Å². The van der Waals surface area contributed by atoms with E-state index < -0.39 is 10.8 Å². The highest BCUT2D eigenvalue weighted by Gasteiger charge is 2.22. The van der Waals surface area contributed by atoms with Crippen molar-refractivity contribution in [2.45, 2.75) is 50.1 Å². The van der Waals surface area contributed by atoms with E-state index in [0.717, 1.165) is 42.5 Å². The highest BCUT2D eigenvalue weighted by atomic mass is 32.2. The standard InChI is InChI=1S/C17H24N4OS/c1-13(2)17-19-16-9-8-14(12-21(16)20-17)18-10-11-23(22)15-6-4-3-5-7-15/h3-7,13-14,18H,8-12H2,1-2H3/t14-,23+/m1/s1. The molecule has 3 rings (SSSR count). The Balaban J connectivity index is 1.49. The maximum Gasteiger partial charge on any atom is 0.153 e. The summed E-state index contributed by atoms with van der Waals surface area (Å²) in [7, 11) is -0.932. The van der Waals surface area contributed by atoms with Gasteiger partial charge in [-0.05, 0) is 18.6 Å². The van der Waals surface area contributed by atoms with Gasteiger partial charge in [0, 0.05) is 35.6 Å². The molecule has 1 aliphatic heterocycles. The smallest absolute Gasteiger partial charge is 0.153 e. The Kier molecular flexibility index (Phi) is 5.23. The highest BCUT2D eigenvalue weighted by molar-refractivity contribution is 7.85. The summed E-state index contributed by atoms with van der Waals surface area (Å²) in [6, 6.07) is 10.0. The second kappa shape index (κ2) is 7.36. The molecule has 0 saturated heterocycles. The third-order valence-corrected chi connectivity index (χ3v) is 5.49. The van der Waals surface area contributed by atoms with Crippen molar-refractivity contribution in [3.8, 4) is 0 Å². The zero-order valence-electron chi connectivity index (χ0n) is 13.7. The fourth-order valence-electron chi connectivity index (χ4n) is 2.79. The van der Waals surface area contributed by atoms with Gasteiger partial charge in [0.25, 0.3) is 0 Å². The van der Waals surface area contributed by atoms with Gasteiger partial charge in [0.2, 0.25) is 0 Å². The number of aryl methyl sites for hydroxylation is 1. The summed E-state index contributed by atoms with van der Waals surface area (Å²) in [4.78, 5) is 5.51. The Bertz CT molecular complexity index is 668. The van der Waals surface area contributed by atoms with E-state index in [-0.39, 0.29) is 0 Å². The van der Waals surface area contributed by atoms with E-state index in [1.807, 2.05) is 35.0 Å². The molecule has 2 heterocycles. The minimum absolute atomic E-state index is 0.368. The van der Waals surface area contributed by atoms with Crippen molar-refractivity contribution in [3.63, 3.8) is 0 Å². The lowest BCUT2D eigenvalue weighted by molar-refractivity contribution is 0.365. The van der Waals surface area contributed by atoms with Gasteiger partial charge in [-0.2, -0.15) is 5.10 Å². The lowest BCUT2D eigenvalue weighted by Crippen LogP contribution is -2.39. The lowest BCUT2D eigenvalue weighted by Gasteiger charge is -2.23. The maximum absolute atomic E-state index is 12.2. The van der Waals surface area contributed by atoms with Crippen LogP contribution in [0.5, 0.6) is 0 Å². The van der Waals surface area contributed by atoms with Crippen LogP contribution in [0.4, 0.5) is 0 Å². The molecule has 23 heavy (non-hydrogen) atoms. The number of aromatic nitrogens is 3. The fraction of sp³-hybridized carbons (Fsp3) is 0.529. The summed E-state index contributed by atoms with van der Waals surface area (Å²) in [5.41, 5.74) is 0. The first-order chi connectivity index (χ1) is 11.1. The molecule has 124 valence electrons. The average Bonchev–Trinajstić information content (AvgIpc) is 2.99. The normalized spacial score (nSPS) is 18.8. The van der Waals surface area contributed by atoms with Gasteiger partial charge in [-0.25, -0.2) is 9.67 Å². The van der Waals surface area contributed by atoms with Crippen molar-refractivity contribution in [2.24, 2.45) is 0 Å². The van der Waals surface area contributed by atoms with E-state index in [0.29, 0.717) is 17.7 Å². The van der Waals surface area contributed by atoms with Crippen LogP contribution in [0.1, 0.15) is 37.8 Å². The quantitative estimate of drug-likeness (QED) is 0.880. The Labute approximate surface area is 140 Å². The molecule has 0 spiro atoms. The van der Waals surface area contributed by atoms with Crippen LogP contribution in [0, 0.1) is 0 Å². The van der Waals surface area contributed by atoms with E-state index >= 15 is 0 Å². The molecule has 2 aromatic rings. The molecule has 0 amide bonds. The molecular formula is C17H24N4OS. The molecule has 1 aromatic carbocycles. The minimum Gasteiger partial charge on any atom is -0.311 e. The first kappa shape index (κ1) is 16.3. The molecule has 1 N–H and O–H groups in total. The van der Waals surface area contributed by atoms with Crippen molar-refractivity contribution in [2.75, 3.05) is 12.3 Å². The van der Waals surface area contributed by atoms with E-state index in [9.17, 15) is 4.21 Å². The van der Waals surface area contributed by atoms with Gasteiger partial charge >= 0.3 is 0 Å².